The van der Waals surface area contributed by atoms with E-state index in [1.54, 1.807) is 0 Å². The molecule has 0 saturated heterocycles. The Morgan fingerprint density at radius 1 is 0.296 bits per heavy atom. The van der Waals surface area contributed by atoms with Crippen LogP contribution in [0.1, 0.15) is 0 Å². The number of fused-ring (bicyclic) bond motifs is 7. The Morgan fingerprint density at radius 3 is 1.37 bits per heavy atom. The highest BCUT2D eigenvalue weighted by atomic mass is 15.2. The van der Waals surface area contributed by atoms with Crippen molar-refractivity contribution in [1.82, 2.24) is 19.1 Å². The maximum absolute atomic E-state index is 5.26. The van der Waals surface area contributed by atoms with Gasteiger partial charge in [-0.2, -0.15) is 0 Å². The van der Waals surface area contributed by atoms with Crippen LogP contribution in [0.15, 0.2) is 194 Å². The van der Waals surface area contributed by atoms with Gasteiger partial charge in [0, 0.05) is 38.1 Å². The Labute approximate surface area is 311 Å². The lowest BCUT2D eigenvalue weighted by atomic mass is 10.0. The number of aromatic nitrogens is 4. The summed E-state index contributed by atoms with van der Waals surface area (Å²) in [6, 6.07) is 69.1. The van der Waals surface area contributed by atoms with Crippen LogP contribution in [0.3, 0.4) is 0 Å². The topological polar surface area (TPSA) is 35.6 Å². The molecule has 0 amide bonds. The lowest BCUT2D eigenvalue weighted by molar-refractivity contribution is 0.996. The van der Waals surface area contributed by atoms with Gasteiger partial charge in [-0.05, 0) is 52.9 Å². The van der Waals surface area contributed by atoms with Crippen LogP contribution in [0, 0.1) is 0 Å². The Morgan fingerprint density at radius 2 is 0.759 bits per heavy atom. The summed E-state index contributed by atoms with van der Waals surface area (Å²) < 4.78 is 4.67. The molecule has 4 heteroatoms. The van der Waals surface area contributed by atoms with E-state index in [0.29, 0.717) is 5.95 Å². The van der Waals surface area contributed by atoms with Crippen molar-refractivity contribution in [2.45, 2.75) is 0 Å². The van der Waals surface area contributed by atoms with Crippen molar-refractivity contribution < 1.29 is 0 Å². The quantitative estimate of drug-likeness (QED) is 0.180. The molecule has 0 spiro atoms. The summed E-state index contributed by atoms with van der Waals surface area (Å²) in [5.41, 5.74) is 11.8. The Kier molecular flexibility index (Phi) is 6.82. The molecule has 0 atom stereocenters. The zero-order valence-electron chi connectivity index (χ0n) is 29.3. The molecule has 0 aliphatic heterocycles. The molecule has 0 aliphatic carbocycles. The lowest BCUT2D eigenvalue weighted by Gasteiger charge is -2.13. The summed E-state index contributed by atoms with van der Waals surface area (Å²) >= 11 is 0. The highest BCUT2D eigenvalue weighted by Gasteiger charge is 2.19. The third kappa shape index (κ3) is 4.78. The molecular weight excluding hydrogens is 657 g/mol. The van der Waals surface area contributed by atoms with Gasteiger partial charge in [0.1, 0.15) is 0 Å². The van der Waals surface area contributed by atoms with Gasteiger partial charge in [0.2, 0.25) is 5.95 Å². The molecule has 0 aliphatic rings. The minimum absolute atomic E-state index is 0.644. The van der Waals surface area contributed by atoms with Gasteiger partial charge in [0.15, 0.2) is 0 Å². The number of nitrogens with zero attached hydrogens (tertiary/aromatic N) is 4. The predicted molar refractivity (Wildman–Crippen MR) is 225 cm³/mol. The second-order valence-electron chi connectivity index (χ2n) is 13.8. The molecule has 3 aromatic heterocycles. The first-order valence-corrected chi connectivity index (χ1v) is 18.3. The van der Waals surface area contributed by atoms with Crippen LogP contribution in [0.4, 0.5) is 0 Å². The fraction of sp³-hybridized carbons (Fsp3) is 0. The highest BCUT2D eigenvalue weighted by Crippen LogP contribution is 2.39. The van der Waals surface area contributed by atoms with Crippen molar-refractivity contribution in [2.24, 2.45) is 0 Å². The fourth-order valence-corrected chi connectivity index (χ4v) is 8.23. The fourth-order valence-electron chi connectivity index (χ4n) is 8.23. The Bertz CT molecular complexity index is 3150. The van der Waals surface area contributed by atoms with Gasteiger partial charge in [0.05, 0.1) is 39.1 Å². The lowest BCUT2D eigenvalue weighted by Crippen LogP contribution is -2.04. The van der Waals surface area contributed by atoms with Gasteiger partial charge in [-0.25, -0.2) is 9.97 Å². The Balaban J connectivity index is 1.15. The molecule has 0 bridgehead atoms. The monoisotopic (exact) mass is 688 g/mol. The normalized spacial score (nSPS) is 11.7. The van der Waals surface area contributed by atoms with E-state index < -0.39 is 0 Å². The molecular formula is C50H32N4. The molecule has 0 fully saturated rings. The molecule has 3 heterocycles. The standard InChI is InChI=1S/C50H32N4/c1-3-15-34(16-4-1)43-32-44(35-17-5-2-6-18-35)52-50(51-43)54-47-24-12-10-22-40(47)42-29-27-37(31-49(42)54)36-26-28-41-39-21-9-11-23-46(39)53(48(41)30-36)45-25-13-19-33-14-7-8-20-38(33)45/h1-32H. The Hall–Kier alpha value is -7.30. The second-order valence-corrected chi connectivity index (χ2v) is 13.8. The third-order valence-electron chi connectivity index (χ3n) is 10.7. The summed E-state index contributed by atoms with van der Waals surface area (Å²) in [5.74, 6) is 0.644. The molecule has 4 nitrogen and oxygen atoms in total. The average Bonchev–Trinajstić information content (AvgIpc) is 3.76. The molecule has 0 radical (unpaired) electrons. The van der Waals surface area contributed by atoms with Gasteiger partial charge >= 0.3 is 0 Å². The predicted octanol–water partition coefficient (Wildman–Crippen LogP) is 12.8. The van der Waals surface area contributed by atoms with E-state index in [-0.39, 0.29) is 0 Å². The van der Waals surface area contributed by atoms with Crippen LogP contribution in [-0.4, -0.2) is 19.1 Å². The van der Waals surface area contributed by atoms with E-state index in [9.17, 15) is 0 Å². The van der Waals surface area contributed by atoms with Crippen molar-refractivity contribution >= 4 is 54.4 Å². The van der Waals surface area contributed by atoms with Gasteiger partial charge < -0.3 is 4.57 Å². The van der Waals surface area contributed by atoms with Crippen LogP contribution in [-0.2, 0) is 0 Å². The summed E-state index contributed by atoms with van der Waals surface area (Å²) in [5, 5.41) is 7.26. The maximum Gasteiger partial charge on any atom is 0.235 e. The van der Waals surface area contributed by atoms with E-state index in [1.807, 2.05) is 12.1 Å². The first-order chi connectivity index (χ1) is 26.8. The number of para-hydroxylation sites is 2. The number of hydrogen-bond acceptors (Lipinski definition) is 2. The van der Waals surface area contributed by atoms with Crippen LogP contribution in [0.5, 0.6) is 0 Å². The van der Waals surface area contributed by atoms with Crippen molar-refractivity contribution in [3.8, 4) is 45.3 Å². The third-order valence-corrected chi connectivity index (χ3v) is 10.7. The molecule has 54 heavy (non-hydrogen) atoms. The largest absolute Gasteiger partial charge is 0.309 e. The molecule has 11 rings (SSSR count). The first kappa shape index (κ1) is 30.3. The molecule has 0 unspecified atom stereocenters. The molecule has 0 N–H and O–H groups in total. The maximum atomic E-state index is 5.26. The van der Waals surface area contributed by atoms with Crippen molar-refractivity contribution in [3.05, 3.63) is 194 Å². The van der Waals surface area contributed by atoms with E-state index in [0.717, 1.165) is 50.1 Å². The van der Waals surface area contributed by atoms with Gasteiger partial charge in [0.25, 0.3) is 0 Å². The smallest absolute Gasteiger partial charge is 0.235 e. The first-order valence-electron chi connectivity index (χ1n) is 18.3. The SMILES string of the molecule is c1ccc(-c2cc(-c3ccccc3)nc(-n3c4ccccc4c4ccc(-c5ccc6c7ccccc7n(-c7cccc8ccccc78)c6c5)cc43)n2)cc1. The van der Waals surface area contributed by atoms with Gasteiger partial charge in [-0.3, -0.25) is 4.57 Å². The molecule has 11 aromatic rings. The van der Waals surface area contributed by atoms with Gasteiger partial charge in [-0.15, -0.1) is 0 Å². The van der Waals surface area contributed by atoms with Crippen LogP contribution in [0.2, 0.25) is 0 Å². The molecule has 252 valence electrons. The molecule has 8 aromatic carbocycles. The summed E-state index contributed by atoms with van der Waals surface area (Å²) in [6.45, 7) is 0. The van der Waals surface area contributed by atoms with Crippen LogP contribution < -0.4 is 0 Å². The van der Waals surface area contributed by atoms with Crippen molar-refractivity contribution in [1.29, 1.82) is 0 Å². The summed E-state index contributed by atoms with van der Waals surface area (Å²) in [4.78, 5) is 10.5. The zero-order valence-corrected chi connectivity index (χ0v) is 29.3. The van der Waals surface area contributed by atoms with Crippen molar-refractivity contribution in [3.63, 3.8) is 0 Å². The van der Waals surface area contributed by atoms with E-state index in [4.69, 9.17) is 9.97 Å². The minimum Gasteiger partial charge on any atom is -0.309 e. The second kappa shape index (κ2) is 12.1. The summed E-state index contributed by atoms with van der Waals surface area (Å²) in [6.07, 6.45) is 0. The number of rotatable bonds is 5. The van der Waals surface area contributed by atoms with Crippen LogP contribution >= 0.6 is 0 Å². The highest BCUT2D eigenvalue weighted by molar-refractivity contribution is 6.13. The number of benzene rings is 8. The average molecular weight is 689 g/mol. The van der Waals surface area contributed by atoms with Crippen molar-refractivity contribution in [2.75, 3.05) is 0 Å². The van der Waals surface area contributed by atoms with E-state index in [1.165, 1.54) is 43.7 Å². The van der Waals surface area contributed by atoms with Gasteiger partial charge in [-0.1, -0.05) is 158 Å². The zero-order chi connectivity index (χ0) is 35.6. The van der Waals surface area contributed by atoms with E-state index in [2.05, 4.69) is 191 Å². The molecule has 0 saturated carbocycles. The minimum atomic E-state index is 0.644. The van der Waals surface area contributed by atoms with E-state index >= 15 is 0 Å². The summed E-state index contributed by atoms with van der Waals surface area (Å²) in [7, 11) is 0. The van der Waals surface area contributed by atoms with Crippen LogP contribution in [0.25, 0.3) is 99.7 Å². The number of hydrogen-bond donors (Lipinski definition) is 0.